The van der Waals surface area contributed by atoms with Crippen LogP contribution in [0.3, 0.4) is 0 Å². The summed E-state index contributed by atoms with van der Waals surface area (Å²) < 4.78 is 5.33. The number of rotatable bonds is 6. The van der Waals surface area contributed by atoms with Gasteiger partial charge >= 0.3 is 0 Å². The van der Waals surface area contributed by atoms with E-state index in [1.54, 1.807) is 7.11 Å². The largest absolute Gasteiger partial charge is 0.496 e. The highest BCUT2D eigenvalue weighted by molar-refractivity contribution is 5.77. The molecule has 1 saturated heterocycles. The fourth-order valence-electron chi connectivity index (χ4n) is 2.28. The molecule has 0 saturated carbocycles. The molecule has 19 heavy (non-hydrogen) atoms. The molecule has 2 N–H and O–H groups in total. The molecule has 1 aliphatic rings. The van der Waals surface area contributed by atoms with Gasteiger partial charge in [-0.1, -0.05) is 25.1 Å². The van der Waals surface area contributed by atoms with Crippen LogP contribution in [0.15, 0.2) is 24.3 Å². The van der Waals surface area contributed by atoms with Crippen molar-refractivity contribution in [3.8, 4) is 5.75 Å². The van der Waals surface area contributed by atoms with E-state index in [2.05, 4.69) is 17.6 Å². The van der Waals surface area contributed by atoms with Gasteiger partial charge in [-0.2, -0.15) is 0 Å². The molecule has 0 spiro atoms. The fraction of sp³-hybridized carbons (Fsp3) is 0.533. The highest BCUT2D eigenvalue weighted by atomic mass is 16.5. The first-order valence-electron chi connectivity index (χ1n) is 6.81. The molecule has 1 atom stereocenters. The van der Waals surface area contributed by atoms with E-state index in [-0.39, 0.29) is 11.8 Å². The number of para-hydroxylation sites is 1. The quantitative estimate of drug-likeness (QED) is 0.817. The van der Waals surface area contributed by atoms with Gasteiger partial charge in [0, 0.05) is 32.0 Å². The Labute approximate surface area is 114 Å². The van der Waals surface area contributed by atoms with Crippen LogP contribution < -0.4 is 15.4 Å². The maximum Gasteiger partial charge on any atom is 0.220 e. The van der Waals surface area contributed by atoms with Crippen LogP contribution in [-0.4, -0.2) is 32.7 Å². The van der Waals surface area contributed by atoms with Gasteiger partial charge in [0.05, 0.1) is 7.11 Å². The Balaban J connectivity index is 1.84. The summed E-state index contributed by atoms with van der Waals surface area (Å²) in [5.41, 5.74) is 1.09. The number of ether oxygens (including phenoxy) is 1. The molecule has 1 amide bonds. The summed E-state index contributed by atoms with van der Waals surface area (Å²) in [5.74, 6) is 1.73. The van der Waals surface area contributed by atoms with Crippen molar-refractivity contribution in [1.82, 2.24) is 10.6 Å². The molecule has 1 fully saturated rings. The number of amides is 1. The van der Waals surface area contributed by atoms with E-state index in [0.717, 1.165) is 30.9 Å². The van der Waals surface area contributed by atoms with Gasteiger partial charge in [0.15, 0.2) is 0 Å². The minimum atomic E-state index is 0.116. The monoisotopic (exact) mass is 262 g/mol. The lowest BCUT2D eigenvalue weighted by molar-refractivity contribution is -0.121. The maximum atomic E-state index is 11.9. The molecule has 0 bridgehead atoms. The standard InChI is InChI=1S/C15H22N2O2/c1-11(13-5-3-4-6-14(13)19-2)7-15(18)17-10-12-8-16-9-12/h3-6,11-12,16H,7-10H2,1-2H3,(H,17,18). The molecule has 1 unspecified atom stereocenters. The number of methoxy groups -OCH3 is 1. The summed E-state index contributed by atoms with van der Waals surface area (Å²) in [7, 11) is 1.66. The minimum Gasteiger partial charge on any atom is -0.496 e. The van der Waals surface area contributed by atoms with Crippen LogP contribution in [0.1, 0.15) is 24.8 Å². The van der Waals surface area contributed by atoms with E-state index in [0.29, 0.717) is 12.3 Å². The number of carbonyl (C=O) groups excluding carboxylic acids is 1. The second kappa shape index (κ2) is 6.57. The third-order valence-electron chi connectivity index (χ3n) is 3.62. The predicted octanol–water partition coefficient (Wildman–Crippen LogP) is 1.52. The molecule has 4 heteroatoms. The van der Waals surface area contributed by atoms with Crippen molar-refractivity contribution in [2.45, 2.75) is 19.3 Å². The van der Waals surface area contributed by atoms with Crippen LogP contribution in [0.4, 0.5) is 0 Å². The Hall–Kier alpha value is -1.55. The van der Waals surface area contributed by atoms with Gasteiger partial charge in [0.25, 0.3) is 0 Å². The van der Waals surface area contributed by atoms with Crippen molar-refractivity contribution < 1.29 is 9.53 Å². The SMILES string of the molecule is COc1ccccc1C(C)CC(=O)NCC1CNC1. The Kier molecular flexibility index (Phi) is 4.80. The van der Waals surface area contributed by atoms with Crippen molar-refractivity contribution in [2.75, 3.05) is 26.7 Å². The topological polar surface area (TPSA) is 50.4 Å². The van der Waals surface area contributed by atoms with E-state index in [1.807, 2.05) is 24.3 Å². The zero-order valence-electron chi connectivity index (χ0n) is 11.6. The fourth-order valence-corrected chi connectivity index (χ4v) is 2.28. The van der Waals surface area contributed by atoms with Gasteiger partial charge in [-0.3, -0.25) is 4.79 Å². The highest BCUT2D eigenvalue weighted by Gasteiger charge is 2.19. The number of carbonyl (C=O) groups is 1. The van der Waals surface area contributed by atoms with Gasteiger partial charge < -0.3 is 15.4 Å². The zero-order chi connectivity index (χ0) is 13.7. The highest BCUT2D eigenvalue weighted by Crippen LogP contribution is 2.28. The third-order valence-corrected chi connectivity index (χ3v) is 3.62. The van der Waals surface area contributed by atoms with Gasteiger partial charge in [0.1, 0.15) is 5.75 Å². The molecule has 4 nitrogen and oxygen atoms in total. The maximum absolute atomic E-state index is 11.9. The Morgan fingerprint density at radius 2 is 2.21 bits per heavy atom. The predicted molar refractivity (Wildman–Crippen MR) is 75.4 cm³/mol. The van der Waals surface area contributed by atoms with Gasteiger partial charge in [-0.15, -0.1) is 0 Å². The Morgan fingerprint density at radius 1 is 1.47 bits per heavy atom. The van der Waals surface area contributed by atoms with Gasteiger partial charge in [0.2, 0.25) is 5.91 Å². The molecule has 1 aromatic rings. The molecular formula is C15H22N2O2. The molecule has 1 heterocycles. The first kappa shape index (κ1) is 13.9. The molecule has 2 rings (SSSR count). The van der Waals surface area contributed by atoms with Crippen LogP contribution >= 0.6 is 0 Å². The third kappa shape index (κ3) is 3.70. The second-order valence-corrected chi connectivity index (χ2v) is 5.18. The molecule has 1 aliphatic heterocycles. The number of benzene rings is 1. The van der Waals surface area contributed by atoms with Crippen LogP contribution in [0.2, 0.25) is 0 Å². The second-order valence-electron chi connectivity index (χ2n) is 5.18. The van der Waals surface area contributed by atoms with Gasteiger partial charge in [-0.25, -0.2) is 0 Å². The molecule has 0 aliphatic carbocycles. The van der Waals surface area contributed by atoms with Crippen LogP contribution in [0.5, 0.6) is 5.75 Å². The van der Waals surface area contributed by atoms with Crippen molar-refractivity contribution >= 4 is 5.91 Å². The summed E-state index contributed by atoms with van der Waals surface area (Å²) in [6, 6.07) is 7.88. The first-order valence-corrected chi connectivity index (χ1v) is 6.81. The van der Waals surface area contributed by atoms with E-state index < -0.39 is 0 Å². The van der Waals surface area contributed by atoms with E-state index in [4.69, 9.17) is 4.74 Å². The molecule has 104 valence electrons. The number of hydrogen-bond acceptors (Lipinski definition) is 3. The summed E-state index contributed by atoms with van der Waals surface area (Å²) in [5, 5.41) is 6.20. The molecule has 0 radical (unpaired) electrons. The van der Waals surface area contributed by atoms with Crippen molar-refractivity contribution in [3.05, 3.63) is 29.8 Å². The molecular weight excluding hydrogens is 240 g/mol. The van der Waals surface area contributed by atoms with E-state index in [9.17, 15) is 4.79 Å². The lowest BCUT2D eigenvalue weighted by Crippen LogP contribution is -2.48. The summed E-state index contributed by atoms with van der Waals surface area (Å²) in [6.45, 7) is 4.87. The Morgan fingerprint density at radius 3 is 2.84 bits per heavy atom. The number of hydrogen-bond donors (Lipinski definition) is 2. The van der Waals surface area contributed by atoms with Crippen LogP contribution in [0.25, 0.3) is 0 Å². The average molecular weight is 262 g/mol. The smallest absolute Gasteiger partial charge is 0.220 e. The lowest BCUT2D eigenvalue weighted by Gasteiger charge is -2.27. The molecule has 0 aromatic heterocycles. The molecule has 1 aromatic carbocycles. The van der Waals surface area contributed by atoms with Crippen molar-refractivity contribution in [2.24, 2.45) is 5.92 Å². The average Bonchev–Trinajstić information content (AvgIpc) is 2.36. The lowest BCUT2D eigenvalue weighted by atomic mass is 9.96. The Bertz CT molecular complexity index is 430. The summed E-state index contributed by atoms with van der Waals surface area (Å²) in [6.07, 6.45) is 0.501. The van der Waals surface area contributed by atoms with E-state index >= 15 is 0 Å². The van der Waals surface area contributed by atoms with Crippen molar-refractivity contribution in [1.29, 1.82) is 0 Å². The van der Waals surface area contributed by atoms with Gasteiger partial charge in [-0.05, 0) is 17.5 Å². The zero-order valence-corrected chi connectivity index (χ0v) is 11.6. The summed E-state index contributed by atoms with van der Waals surface area (Å²) >= 11 is 0. The van der Waals surface area contributed by atoms with Crippen molar-refractivity contribution in [3.63, 3.8) is 0 Å². The van der Waals surface area contributed by atoms with Crippen LogP contribution in [-0.2, 0) is 4.79 Å². The minimum absolute atomic E-state index is 0.116. The van der Waals surface area contributed by atoms with E-state index in [1.165, 1.54) is 0 Å². The first-order chi connectivity index (χ1) is 9.20. The summed E-state index contributed by atoms with van der Waals surface area (Å²) in [4.78, 5) is 11.9. The van der Waals surface area contributed by atoms with Crippen LogP contribution in [0, 0.1) is 5.92 Å². The number of nitrogens with one attached hydrogen (secondary N) is 2. The normalized spacial score (nSPS) is 16.5.